The van der Waals surface area contributed by atoms with Crippen LogP contribution in [0.4, 0.5) is 25.1 Å². The van der Waals surface area contributed by atoms with Gasteiger partial charge in [0.2, 0.25) is 0 Å². The second kappa shape index (κ2) is 4.61. The predicted molar refractivity (Wildman–Crippen MR) is 76.3 cm³/mol. The van der Waals surface area contributed by atoms with Gasteiger partial charge in [-0.05, 0) is 43.7 Å². The molecule has 0 atom stereocenters. The van der Waals surface area contributed by atoms with E-state index < -0.39 is 33.1 Å². The van der Waals surface area contributed by atoms with Crippen molar-refractivity contribution < 1.29 is 29.0 Å². The number of halogens is 5. The number of hydrogen-bond acceptors (Lipinski definition) is 3. The summed E-state index contributed by atoms with van der Waals surface area (Å²) in [6.45, 7) is 6.44. The minimum Gasteiger partial charge on any atom is -0.455 e. The number of ether oxygens (including phenoxy) is 1. The first kappa shape index (κ1) is 18.3. The van der Waals surface area contributed by atoms with E-state index in [9.17, 15) is 24.2 Å². The number of nitrogens with two attached hydrogens (primary N) is 1. The highest BCUT2D eigenvalue weighted by Gasteiger charge is 2.65. The van der Waals surface area contributed by atoms with Crippen molar-refractivity contribution in [3.8, 4) is 0 Å². The molecule has 0 bridgehead atoms. The number of carbonyl (C=O) groups is 1. The van der Waals surface area contributed by atoms with Crippen LogP contribution in [0.25, 0.3) is 0 Å². The van der Waals surface area contributed by atoms with Crippen LogP contribution in [-0.4, -0.2) is 11.6 Å². The predicted octanol–water partition coefficient (Wildman–Crippen LogP) is 4.98. The Labute approximate surface area is 124 Å². The van der Waals surface area contributed by atoms with Gasteiger partial charge in [-0.25, -0.2) is 0 Å². The third-order valence-corrected chi connectivity index (χ3v) is 3.91. The van der Waals surface area contributed by atoms with Crippen molar-refractivity contribution in [2.24, 2.45) is 0 Å². The molecule has 0 saturated carbocycles. The van der Waals surface area contributed by atoms with Gasteiger partial charge in [0.25, 0.3) is 0 Å². The Bertz CT molecular complexity index is 625. The van der Waals surface area contributed by atoms with E-state index in [4.69, 9.17) is 10.5 Å². The Balaban J connectivity index is 3.13. The Hall–Kier alpha value is -1.77. The Kier molecular flexibility index (Phi) is 3.83. The highest BCUT2D eigenvalue weighted by atomic mass is 32.5. The molecule has 1 rings (SSSR count). The molecule has 0 aliphatic carbocycles. The lowest BCUT2D eigenvalue weighted by molar-refractivity contribution is -0.151. The van der Waals surface area contributed by atoms with E-state index in [0.717, 1.165) is 0 Å². The maximum absolute atomic E-state index is 12.8. The smallest absolute Gasteiger partial charge is 0.311 e. The number of carbonyl (C=O) groups excluding carboxylic acids is 1. The number of esters is 1. The molecule has 0 heterocycles. The number of hydrogen-bond donors (Lipinski definition) is 1. The Morgan fingerprint density at radius 1 is 1.32 bits per heavy atom. The molecule has 0 aliphatic heterocycles. The quantitative estimate of drug-likeness (QED) is 0.354. The second-order valence-corrected chi connectivity index (χ2v) is 7.70. The van der Waals surface area contributed by atoms with Crippen LogP contribution in [0.5, 0.6) is 0 Å². The van der Waals surface area contributed by atoms with Gasteiger partial charge in [-0.3, -0.25) is 4.79 Å². The van der Waals surface area contributed by atoms with E-state index in [1.807, 2.05) is 0 Å². The molecule has 0 radical (unpaired) electrons. The first-order chi connectivity index (χ1) is 9.54. The Morgan fingerprint density at radius 3 is 2.32 bits per heavy atom. The van der Waals surface area contributed by atoms with E-state index in [1.165, 1.54) is 19.9 Å². The topological polar surface area (TPSA) is 52.3 Å². The first-order valence-electron chi connectivity index (χ1n) is 6.02. The molecule has 9 heteroatoms. The van der Waals surface area contributed by atoms with Gasteiger partial charge in [0.05, 0.1) is 6.42 Å². The SMILES string of the molecule is C=CC(C)(C)OC(=O)Cc1cc(S(F)(F)(F)(F)F)ccc1N. The van der Waals surface area contributed by atoms with Gasteiger partial charge in [0.1, 0.15) is 10.5 Å². The third-order valence-electron chi connectivity index (χ3n) is 2.76. The molecule has 3 nitrogen and oxygen atoms in total. The van der Waals surface area contributed by atoms with Crippen molar-refractivity contribution in [1.29, 1.82) is 0 Å². The lowest BCUT2D eigenvalue weighted by Crippen LogP contribution is -2.26. The largest absolute Gasteiger partial charge is 0.455 e. The van der Waals surface area contributed by atoms with Crippen molar-refractivity contribution >= 4 is 21.9 Å². The molecule has 0 amide bonds. The van der Waals surface area contributed by atoms with Crippen LogP contribution in [0.3, 0.4) is 0 Å². The minimum atomic E-state index is -9.83. The van der Waals surface area contributed by atoms with Gasteiger partial charge in [0.15, 0.2) is 0 Å². The molecule has 0 aliphatic rings. The summed E-state index contributed by atoms with van der Waals surface area (Å²) >= 11 is 0. The summed E-state index contributed by atoms with van der Waals surface area (Å²) in [5.74, 6) is -0.907. The first-order valence-corrected chi connectivity index (χ1v) is 7.97. The summed E-state index contributed by atoms with van der Waals surface area (Å²) in [4.78, 5) is 9.58. The van der Waals surface area contributed by atoms with Crippen molar-refractivity contribution in [2.45, 2.75) is 30.8 Å². The van der Waals surface area contributed by atoms with E-state index in [-0.39, 0.29) is 23.4 Å². The van der Waals surface area contributed by atoms with Gasteiger partial charge in [-0.15, -0.1) is 0 Å². The fourth-order valence-electron chi connectivity index (χ4n) is 1.50. The molecular weight excluding hydrogens is 329 g/mol. The Morgan fingerprint density at radius 2 is 1.86 bits per heavy atom. The van der Waals surface area contributed by atoms with Crippen molar-refractivity contribution in [3.05, 3.63) is 36.4 Å². The molecule has 0 spiro atoms. The van der Waals surface area contributed by atoms with Crippen LogP contribution in [0.15, 0.2) is 35.7 Å². The van der Waals surface area contributed by atoms with Gasteiger partial charge >= 0.3 is 16.2 Å². The van der Waals surface area contributed by atoms with Crippen LogP contribution in [0.2, 0.25) is 0 Å². The number of benzene rings is 1. The average molecular weight is 345 g/mol. The lowest BCUT2D eigenvalue weighted by Gasteiger charge is -2.40. The van der Waals surface area contributed by atoms with Crippen LogP contribution in [0.1, 0.15) is 19.4 Å². The summed E-state index contributed by atoms with van der Waals surface area (Å²) in [6, 6.07) is 1.06. The maximum atomic E-state index is 12.8. The maximum Gasteiger partial charge on any atom is 0.311 e. The highest BCUT2D eigenvalue weighted by molar-refractivity contribution is 8.45. The molecule has 2 N–H and O–H groups in total. The van der Waals surface area contributed by atoms with Gasteiger partial charge in [-0.1, -0.05) is 26.0 Å². The molecule has 126 valence electrons. The van der Waals surface area contributed by atoms with E-state index in [1.54, 1.807) is 0 Å². The fraction of sp³-hybridized carbons (Fsp3) is 0.308. The average Bonchev–Trinajstić information content (AvgIpc) is 2.28. The second-order valence-electron chi connectivity index (χ2n) is 5.29. The summed E-state index contributed by atoms with van der Waals surface area (Å²) < 4.78 is 68.7. The zero-order valence-corrected chi connectivity index (χ0v) is 12.7. The van der Waals surface area contributed by atoms with Gasteiger partial charge in [0, 0.05) is 5.69 Å². The fourth-order valence-corrected chi connectivity index (χ4v) is 2.19. The lowest BCUT2D eigenvalue weighted by atomic mass is 10.1. The van der Waals surface area contributed by atoms with E-state index in [2.05, 4.69) is 6.58 Å². The normalized spacial score (nSPS) is 15.6. The number of nitrogen functional groups attached to an aromatic ring is 1. The summed E-state index contributed by atoms with van der Waals surface area (Å²) in [5, 5.41) is 0. The molecular formula is C13H16F5NO2S. The van der Waals surface area contributed by atoms with Crippen molar-refractivity contribution in [3.63, 3.8) is 0 Å². The molecule has 0 saturated heterocycles. The highest BCUT2D eigenvalue weighted by Crippen LogP contribution is 3.02. The van der Waals surface area contributed by atoms with Gasteiger partial charge in [-0.2, -0.15) is 0 Å². The summed E-state index contributed by atoms with van der Waals surface area (Å²) in [6.07, 6.45) is 0.657. The van der Waals surface area contributed by atoms with Crippen LogP contribution < -0.4 is 5.73 Å². The standard InChI is InChI=1S/C13H16F5NO2S/c1-4-13(2,3)21-12(20)8-9-7-10(5-6-11(9)19)22(14,15,16,17)18/h4-7H,1,8,19H2,2-3H3. The van der Waals surface area contributed by atoms with Gasteiger partial charge < -0.3 is 10.5 Å². The molecule has 0 unspecified atom stereocenters. The van der Waals surface area contributed by atoms with Crippen LogP contribution in [-0.2, 0) is 16.0 Å². The minimum absolute atomic E-state index is 0.180. The molecule has 0 aromatic heterocycles. The number of rotatable bonds is 5. The van der Waals surface area contributed by atoms with Crippen molar-refractivity contribution in [1.82, 2.24) is 0 Å². The van der Waals surface area contributed by atoms with Crippen molar-refractivity contribution in [2.75, 3.05) is 5.73 Å². The monoisotopic (exact) mass is 345 g/mol. The van der Waals surface area contributed by atoms with E-state index in [0.29, 0.717) is 6.07 Å². The summed E-state index contributed by atoms with van der Waals surface area (Å²) in [5.41, 5.74) is 3.81. The third kappa shape index (κ3) is 4.90. The molecule has 1 aromatic carbocycles. The van der Waals surface area contributed by atoms with Crippen LogP contribution in [0, 0.1) is 0 Å². The zero-order chi connectivity index (χ0) is 17.5. The van der Waals surface area contributed by atoms with E-state index >= 15 is 0 Å². The zero-order valence-electron chi connectivity index (χ0n) is 11.9. The van der Waals surface area contributed by atoms with Crippen LogP contribution >= 0.6 is 10.2 Å². The molecule has 22 heavy (non-hydrogen) atoms. The molecule has 1 aromatic rings. The number of anilines is 1. The summed E-state index contributed by atoms with van der Waals surface area (Å²) in [7, 11) is -9.83. The molecule has 0 fully saturated rings.